The summed E-state index contributed by atoms with van der Waals surface area (Å²) in [6.45, 7) is 0. The second-order valence-corrected chi connectivity index (χ2v) is 9.49. The molecule has 1 aliphatic carbocycles. The van der Waals surface area contributed by atoms with Crippen LogP contribution in [0, 0.1) is 5.82 Å². The second-order valence-electron chi connectivity index (χ2n) is 8.65. The molecule has 3 atom stereocenters. The topological polar surface area (TPSA) is 78.4 Å². The van der Waals surface area contributed by atoms with Crippen LogP contribution in [0.15, 0.2) is 36.4 Å². The number of carboxylic acids is 1. The van der Waals surface area contributed by atoms with Crippen molar-refractivity contribution < 1.29 is 19.1 Å². The van der Waals surface area contributed by atoms with Crippen molar-refractivity contribution in [3.8, 4) is 0 Å². The first kappa shape index (κ1) is 23.0. The highest BCUT2D eigenvalue weighted by Gasteiger charge is 2.67. The molecule has 2 fully saturated rings. The number of aliphatic carboxylic acids is 1. The zero-order chi connectivity index (χ0) is 23.1. The molecule has 3 N–H and O–H groups in total. The summed E-state index contributed by atoms with van der Waals surface area (Å²) < 4.78 is 15.4. The number of carbonyl (C=O) groups excluding carboxylic acids is 1. The molecule has 1 saturated heterocycles. The maximum absolute atomic E-state index is 15.4. The molecule has 1 saturated carbocycles. The van der Waals surface area contributed by atoms with Gasteiger partial charge in [-0.2, -0.15) is 0 Å². The van der Waals surface area contributed by atoms with Crippen LogP contribution in [0.3, 0.4) is 0 Å². The first-order valence-corrected chi connectivity index (χ1v) is 11.5. The molecule has 170 valence electrons. The molecule has 0 radical (unpaired) electrons. The first-order valence-electron chi connectivity index (χ1n) is 10.7. The SMILES string of the molecule is CNc1cc(Cl)ccc1[C@]1(C=O)[C@@H](c2cccc(Cl)c2F)[C@H](C(=O)O)NC12CCCCC2. The van der Waals surface area contributed by atoms with E-state index in [2.05, 4.69) is 10.6 Å². The van der Waals surface area contributed by atoms with Crippen LogP contribution >= 0.6 is 23.2 Å². The van der Waals surface area contributed by atoms with E-state index in [0.29, 0.717) is 29.1 Å². The minimum atomic E-state index is -1.36. The van der Waals surface area contributed by atoms with Gasteiger partial charge in [0.05, 0.1) is 10.4 Å². The van der Waals surface area contributed by atoms with Gasteiger partial charge in [0.2, 0.25) is 0 Å². The number of nitrogens with one attached hydrogen (secondary N) is 2. The number of halogens is 3. The van der Waals surface area contributed by atoms with E-state index in [0.717, 1.165) is 25.5 Å². The smallest absolute Gasteiger partial charge is 0.321 e. The summed E-state index contributed by atoms with van der Waals surface area (Å²) in [5, 5.41) is 17.0. The average molecular weight is 479 g/mol. The number of hydrogen-bond donors (Lipinski definition) is 3. The van der Waals surface area contributed by atoms with Crippen LogP contribution in [0.5, 0.6) is 0 Å². The number of anilines is 1. The molecule has 0 unspecified atom stereocenters. The fraction of sp³-hybridized carbons (Fsp3) is 0.417. The van der Waals surface area contributed by atoms with Crippen molar-refractivity contribution in [3.63, 3.8) is 0 Å². The Hall–Kier alpha value is -2.15. The summed E-state index contributed by atoms with van der Waals surface area (Å²) in [6, 6.07) is 8.49. The van der Waals surface area contributed by atoms with Gasteiger partial charge in [-0.15, -0.1) is 0 Å². The van der Waals surface area contributed by atoms with E-state index in [1.165, 1.54) is 12.1 Å². The maximum atomic E-state index is 15.4. The molecule has 32 heavy (non-hydrogen) atoms. The van der Waals surface area contributed by atoms with Gasteiger partial charge in [-0.3, -0.25) is 10.1 Å². The highest BCUT2D eigenvalue weighted by molar-refractivity contribution is 6.31. The summed E-state index contributed by atoms with van der Waals surface area (Å²) in [5.74, 6) is -2.85. The van der Waals surface area contributed by atoms with Crippen molar-refractivity contribution in [1.29, 1.82) is 0 Å². The van der Waals surface area contributed by atoms with E-state index in [1.807, 2.05) is 0 Å². The third-order valence-corrected chi connectivity index (χ3v) is 7.75. The number of rotatable bonds is 5. The number of hydrogen-bond acceptors (Lipinski definition) is 4. The monoisotopic (exact) mass is 478 g/mol. The van der Waals surface area contributed by atoms with Crippen molar-refractivity contribution in [2.75, 3.05) is 12.4 Å². The van der Waals surface area contributed by atoms with Gasteiger partial charge < -0.3 is 15.2 Å². The van der Waals surface area contributed by atoms with Crippen molar-refractivity contribution in [2.24, 2.45) is 0 Å². The Labute approximate surface area is 196 Å². The molecule has 0 amide bonds. The third-order valence-electron chi connectivity index (χ3n) is 7.22. The largest absolute Gasteiger partial charge is 0.480 e. The van der Waals surface area contributed by atoms with Crippen LogP contribution in [-0.4, -0.2) is 36.0 Å². The normalized spacial score (nSPS) is 26.8. The number of aldehydes is 1. The number of benzene rings is 2. The molecule has 5 nitrogen and oxygen atoms in total. The lowest BCUT2D eigenvalue weighted by molar-refractivity contribution is -0.139. The summed E-state index contributed by atoms with van der Waals surface area (Å²) in [7, 11) is 1.72. The van der Waals surface area contributed by atoms with E-state index < -0.39 is 34.7 Å². The van der Waals surface area contributed by atoms with Crippen LogP contribution in [0.4, 0.5) is 10.1 Å². The van der Waals surface area contributed by atoms with Gasteiger partial charge in [-0.05, 0) is 42.2 Å². The Kier molecular flexibility index (Phi) is 6.23. The van der Waals surface area contributed by atoms with Gasteiger partial charge >= 0.3 is 5.97 Å². The predicted octanol–water partition coefficient (Wildman–Crippen LogP) is 5.15. The molecule has 2 aromatic carbocycles. The molecular formula is C24H25Cl2FN2O3. The van der Waals surface area contributed by atoms with Crippen molar-refractivity contribution in [2.45, 2.75) is 55.0 Å². The summed E-state index contributed by atoms with van der Waals surface area (Å²) in [4.78, 5) is 25.7. The Morgan fingerprint density at radius 2 is 1.94 bits per heavy atom. The lowest BCUT2D eigenvalue weighted by Crippen LogP contribution is -2.58. The molecule has 1 aliphatic heterocycles. The molecule has 4 rings (SSSR count). The van der Waals surface area contributed by atoms with E-state index in [9.17, 15) is 14.7 Å². The highest BCUT2D eigenvalue weighted by Crippen LogP contribution is 2.59. The minimum absolute atomic E-state index is 0.110. The predicted molar refractivity (Wildman–Crippen MR) is 123 cm³/mol. The summed E-state index contributed by atoms with van der Waals surface area (Å²) in [6.07, 6.45) is 4.68. The Morgan fingerprint density at radius 3 is 2.56 bits per heavy atom. The Bertz CT molecular complexity index is 1060. The lowest BCUT2D eigenvalue weighted by atomic mass is 9.55. The zero-order valence-electron chi connectivity index (χ0n) is 17.6. The molecule has 0 aromatic heterocycles. The van der Waals surface area contributed by atoms with Crippen LogP contribution in [0.25, 0.3) is 0 Å². The van der Waals surface area contributed by atoms with Crippen LogP contribution in [0.2, 0.25) is 10.0 Å². The summed E-state index contributed by atoms with van der Waals surface area (Å²) in [5.41, 5.74) is -0.888. The summed E-state index contributed by atoms with van der Waals surface area (Å²) >= 11 is 12.3. The van der Waals surface area contributed by atoms with Gasteiger partial charge in [-0.25, -0.2) is 4.39 Å². The average Bonchev–Trinajstić information content (AvgIpc) is 3.06. The van der Waals surface area contributed by atoms with Crippen molar-refractivity contribution >= 4 is 41.1 Å². The molecule has 8 heteroatoms. The van der Waals surface area contributed by atoms with Gasteiger partial charge in [0.1, 0.15) is 18.1 Å². The van der Waals surface area contributed by atoms with E-state index in [-0.39, 0.29) is 10.6 Å². The van der Waals surface area contributed by atoms with Crippen molar-refractivity contribution in [1.82, 2.24) is 5.32 Å². The zero-order valence-corrected chi connectivity index (χ0v) is 19.1. The molecule has 2 aliphatic rings. The first-order chi connectivity index (χ1) is 15.3. The van der Waals surface area contributed by atoms with E-state index in [4.69, 9.17) is 23.2 Å². The molecule has 2 aromatic rings. The van der Waals surface area contributed by atoms with Crippen molar-refractivity contribution in [3.05, 3.63) is 63.4 Å². The maximum Gasteiger partial charge on any atom is 0.321 e. The fourth-order valence-corrected chi connectivity index (χ4v) is 6.28. The number of carboxylic acid groups (broad SMARTS) is 1. The molecule has 0 bridgehead atoms. The van der Waals surface area contributed by atoms with Gasteiger partial charge in [0.15, 0.2) is 0 Å². The van der Waals surface area contributed by atoms with Gasteiger partial charge in [0.25, 0.3) is 0 Å². The van der Waals surface area contributed by atoms with Gasteiger partial charge in [-0.1, -0.05) is 60.7 Å². The lowest BCUT2D eigenvalue weighted by Gasteiger charge is -2.48. The second kappa shape index (κ2) is 8.65. The fourth-order valence-electron chi connectivity index (χ4n) is 5.92. The van der Waals surface area contributed by atoms with Crippen LogP contribution in [-0.2, 0) is 15.0 Å². The van der Waals surface area contributed by atoms with Crippen LogP contribution in [0.1, 0.15) is 49.1 Å². The van der Waals surface area contributed by atoms with E-state index in [1.54, 1.807) is 31.3 Å². The standard InChI is InChI=1S/C24H25Cl2FN2O3/c1-28-18-12-14(25)8-9-16(18)24(13-30)19(15-6-5-7-17(26)20(15)27)21(22(31)32)29-23(24)10-3-2-4-11-23/h5-9,12-13,19,21,28-29H,2-4,10-11H2,1H3,(H,31,32)/t19-,21+,24+/m0/s1. The van der Waals surface area contributed by atoms with E-state index >= 15 is 4.39 Å². The molecular weight excluding hydrogens is 454 g/mol. The third kappa shape index (κ3) is 3.31. The van der Waals surface area contributed by atoms with Crippen LogP contribution < -0.4 is 10.6 Å². The molecule has 1 heterocycles. The Morgan fingerprint density at radius 1 is 1.22 bits per heavy atom. The number of carbonyl (C=O) groups is 2. The van der Waals surface area contributed by atoms with Gasteiger partial charge in [0, 0.05) is 29.2 Å². The quantitative estimate of drug-likeness (QED) is 0.517. The highest BCUT2D eigenvalue weighted by atomic mass is 35.5. The molecule has 1 spiro atoms. The Balaban J connectivity index is 2.09. The minimum Gasteiger partial charge on any atom is -0.480 e.